The van der Waals surface area contributed by atoms with Crippen molar-refractivity contribution in [2.24, 2.45) is 0 Å². The lowest BCUT2D eigenvalue weighted by Crippen LogP contribution is -2.09. The van der Waals surface area contributed by atoms with Gasteiger partial charge in [0.2, 0.25) is 0 Å². The normalized spacial score (nSPS) is 11.2. The van der Waals surface area contributed by atoms with Crippen LogP contribution in [-0.2, 0) is 4.79 Å². The number of rotatable bonds is 5. The molecule has 20 heavy (non-hydrogen) atoms. The molecule has 2 aromatic rings. The van der Waals surface area contributed by atoms with Gasteiger partial charge >= 0.3 is 0 Å². The van der Waals surface area contributed by atoms with Gasteiger partial charge in [-0.25, -0.2) is 0 Å². The van der Waals surface area contributed by atoms with Crippen molar-refractivity contribution in [2.75, 3.05) is 6.61 Å². The summed E-state index contributed by atoms with van der Waals surface area (Å²) in [6, 6.07) is 16.4. The van der Waals surface area contributed by atoms with Crippen molar-refractivity contribution in [3.05, 3.63) is 71.8 Å². The molecule has 3 nitrogen and oxygen atoms in total. The van der Waals surface area contributed by atoms with Crippen LogP contribution in [0.4, 0.5) is 0 Å². The van der Waals surface area contributed by atoms with E-state index >= 15 is 0 Å². The lowest BCUT2D eigenvalue weighted by atomic mass is 10.1. The first-order valence-corrected chi connectivity index (χ1v) is 6.33. The molecule has 0 unspecified atom stereocenters. The second-order valence-electron chi connectivity index (χ2n) is 4.46. The minimum absolute atomic E-state index is 0.0494. The number of para-hydroxylation sites is 1. The lowest BCUT2D eigenvalue weighted by molar-refractivity contribution is -0.116. The number of hydrogen-bond acceptors (Lipinski definition) is 3. The Morgan fingerprint density at radius 3 is 2.40 bits per heavy atom. The fraction of sp³-hybridized carbons (Fsp3) is 0.118. The third kappa shape index (κ3) is 3.99. The van der Waals surface area contributed by atoms with Crippen LogP contribution in [0.5, 0.6) is 5.75 Å². The van der Waals surface area contributed by atoms with Crippen LogP contribution in [0.15, 0.2) is 60.7 Å². The molecule has 0 bridgehead atoms. The fourth-order valence-corrected chi connectivity index (χ4v) is 1.67. The van der Waals surface area contributed by atoms with Gasteiger partial charge in [-0.2, -0.15) is 0 Å². The van der Waals surface area contributed by atoms with Crippen LogP contribution in [0.3, 0.4) is 0 Å². The Morgan fingerprint density at radius 2 is 1.75 bits per heavy atom. The predicted molar refractivity (Wildman–Crippen MR) is 78.7 cm³/mol. The van der Waals surface area contributed by atoms with Crippen LogP contribution < -0.4 is 4.74 Å². The lowest BCUT2D eigenvalue weighted by Gasteiger charge is -2.04. The predicted octanol–water partition coefficient (Wildman–Crippen LogP) is 3.54. The summed E-state index contributed by atoms with van der Waals surface area (Å²) in [5.41, 5.74) is 1.71. The van der Waals surface area contributed by atoms with Crippen molar-refractivity contribution in [3.8, 4) is 5.75 Å². The van der Waals surface area contributed by atoms with Gasteiger partial charge < -0.3 is 9.84 Å². The van der Waals surface area contributed by atoms with E-state index in [0.29, 0.717) is 11.3 Å². The van der Waals surface area contributed by atoms with E-state index in [1.54, 1.807) is 24.3 Å². The molecule has 0 saturated heterocycles. The first-order chi connectivity index (χ1) is 9.65. The fourth-order valence-electron chi connectivity index (χ4n) is 1.67. The Morgan fingerprint density at radius 1 is 1.10 bits per heavy atom. The molecule has 3 heteroatoms. The third-order valence-electron chi connectivity index (χ3n) is 2.77. The SMILES string of the molecule is Cc1ccc(C(O)=CC(=O)COc2ccccc2)cc1. The molecule has 0 heterocycles. The molecule has 102 valence electrons. The van der Waals surface area contributed by atoms with Crippen molar-refractivity contribution in [3.63, 3.8) is 0 Å². The quantitative estimate of drug-likeness (QED) is 0.666. The molecule has 0 aliphatic carbocycles. The number of ether oxygens (including phenoxy) is 1. The number of benzene rings is 2. The molecule has 0 fully saturated rings. The maximum Gasteiger partial charge on any atom is 0.196 e. The van der Waals surface area contributed by atoms with Crippen LogP contribution in [0.1, 0.15) is 11.1 Å². The average Bonchev–Trinajstić information content (AvgIpc) is 2.47. The van der Waals surface area contributed by atoms with E-state index in [1.165, 1.54) is 6.08 Å². The first kappa shape index (κ1) is 13.9. The molecule has 0 aliphatic rings. The van der Waals surface area contributed by atoms with Crippen molar-refractivity contribution in [1.82, 2.24) is 0 Å². The maximum absolute atomic E-state index is 11.7. The van der Waals surface area contributed by atoms with E-state index < -0.39 is 0 Å². The van der Waals surface area contributed by atoms with Crippen LogP contribution in [-0.4, -0.2) is 17.5 Å². The molecule has 0 atom stereocenters. The Bertz CT molecular complexity index is 598. The number of aliphatic hydroxyl groups excluding tert-OH is 1. The summed E-state index contributed by atoms with van der Waals surface area (Å²) in [7, 11) is 0. The number of carbonyl (C=O) groups is 1. The highest BCUT2D eigenvalue weighted by atomic mass is 16.5. The van der Waals surface area contributed by atoms with Crippen molar-refractivity contribution < 1.29 is 14.6 Å². The zero-order valence-electron chi connectivity index (χ0n) is 11.2. The van der Waals surface area contributed by atoms with Gasteiger partial charge in [0, 0.05) is 11.6 Å². The number of carbonyl (C=O) groups excluding carboxylic acids is 1. The molecule has 1 N–H and O–H groups in total. The zero-order chi connectivity index (χ0) is 14.4. The molecule has 0 saturated carbocycles. The molecule has 0 radical (unpaired) electrons. The summed E-state index contributed by atoms with van der Waals surface area (Å²) in [5, 5.41) is 9.86. The van der Waals surface area contributed by atoms with Crippen LogP contribution in [0.2, 0.25) is 0 Å². The monoisotopic (exact) mass is 268 g/mol. The highest BCUT2D eigenvalue weighted by Gasteiger charge is 2.04. The van der Waals surface area contributed by atoms with E-state index in [9.17, 15) is 9.90 Å². The molecular weight excluding hydrogens is 252 g/mol. The summed E-state index contributed by atoms with van der Waals surface area (Å²) in [6.07, 6.45) is 1.19. The molecule has 2 aromatic carbocycles. The van der Waals surface area contributed by atoms with E-state index in [4.69, 9.17) is 4.74 Å². The maximum atomic E-state index is 11.7. The minimum atomic E-state index is -0.285. The van der Waals surface area contributed by atoms with Crippen LogP contribution >= 0.6 is 0 Å². The van der Waals surface area contributed by atoms with Gasteiger partial charge in [0.15, 0.2) is 12.4 Å². The number of hydrogen-bond donors (Lipinski definition) is 1. The van der Waals surface area contributed by atoms with Crippen molar-refractivity contribution in [1.29, 1.82) is 0 Å². The van der Waals surface area contributed by atoms with E-state index in [2.05, 4.69) is 0 Å². The van der Waals surface area contributed by atoms with Gasteiger partial charge in [-0.3, -0.25) is 4.79 Å². The molecule has 0 spiro atoms. The molecule has 0 aliphatic heterocycles. The number of aryl methyl sites for hydroxylation is 1. The Hall–Kier alpha value is -2.55. The highest BCUT2D eigenvalue weighted by Crippen LogP contribution is 2.13. The average molecular weight is 268 g/mol. The zero-order valence-corrected chi connectivity index (χ0v) is 11.2. The second kappa shape index (κ2) is 6.57. The number of aliphatic hydroxyl groups is 1. The molecular formula is C17H16O3. The van der Waals surface area contributed by atoms with E-state index in [-0.39, 0.29) is 18.1 Å². The Kier molecular flexibility index (Phi) is 4.56. The van der Waals surface area contributed by atoms with Crippen molar-refractivity contribution in [2.45, 2.75) is 6.92 Å². The largest absolute Gasteiger partial charge is 0.507 e. The number of ketones is 1. The summed E-state index contributed by atoms with van der Waals surface area (Å²) >= 11 is 0. The second-order valence-corrected chi connectivity index (χ2v) is 4.46. The third-order valence-corrected chi connectivity index (χ3v) is 2.77. The first-order valence-electron chi connectivity index (χ1n) is 6.33. The summed E-state index contributed by atoms with van der Waals surface area (Å²) in [4.78, 5) is 11.7. The van der Waals surface area contributed by atoms with Crippen LogP contribution in [0, 0.1) is 6.92 Å². The van der Waals surface area contributed by atoms with Gasteiger partial charge in [-0.1, -0.05) is 48.0 Å². The van der Waals surface area contributed by atoms with Gasteiger partial charge in [-0.15, -0.1) is 0 Å². The molecule has 0 aromatic heterocycles. The molecule has 2 rings (SSSR count). The van der Waals surface area contributed by atoms with E-state index in [0.717, 1.165) is 5.56 Å². The Labute approximate surface area is 118 Å². The van der Waals surface area contributed by atoms with Gasteiger partial charge in [-0.05, 0) is 19.1 Å². The van der Waals surface area contributed by atoms with Gasteiger partial charge in [0.05, 0.1) is 0 Å². The van der Waals surface area contributed by atoms with Gasteiger partial charge in [0.25, 0.3) is 0 Å². The van der Waals surface area contributed by atoms with E-state index in [1.807, 2.05) is 37.3 Å². The highest BCUT2D eigenvalue weighted by molar-refractivity contribution is 5.96. The Balaban J connectivity index is 1.96. The van der Waals surface area contributed by atoms with Crippen molar-refractivity contribution >= 4 is 11.5 Å². The standard InChI is InChI=1S/C17H16O3/c1-13-7-9-14(10-8-13)17(19)11-15(18)12-20-16-5-3-2-4-6-16/h2-11,19H,12H2,1H3. The topological polar surface area (TPSA) is 46.5 Å². The summed E-state index contributed by atoms with van der Waals surface area (Å²) < 4.78 is 5.32. The molecule has 0 amide bonds. The van der Waals surface area contributed by atoms with Crippen LogP contribution in [0.25, 0.3) is 5.76 Å². The summed E-state index contributed by atoms with van der Waals surface area (Å²) in [5.74, 6) is 0.294. The summed E-state index contributed by atoms with van der Waals surface area (Å²) in [6.45, 7) is 1.86. The van der Waals surface area contributed by atoms with Gasteiger partial charge in [0.1, 0.15) is 11.5 Å². The smallest absolute Gasteiger partial charge is 0.196 e. The minimum Gasteiger partial charge on any atom is -0.507 e.